The molecule has 0 saturated carbocycles. The molecule has 0 unspecified atom stereocenters. The fraction of sp³-hybridized carbons (Fsp3) is 0.176. The quantitative estimate of drug-likeness (QED) is 0.647. The molecule has 0 radical (unpaired) electrons. The Morgan fingerprint density at radius 2 is 1.96 bits per heavy atom. The Morgan fingerprint density at radius 3 is 2.59 bits per heavy atom. The van der Waals surface area contributed by atoms with Gasteiger partial charge in [0.05, 0.1) is 23.2 Å². The molecule has 0 aliphatic carbocycles. The van der Waals surface area contributed by atoms with Gasteiger partial charge in [-0.3, -0.25) is 4.79 Å². The van der Waals surface area contributed by atoms with E-state index in [1.165, 1.54) is 35.6 Å². The Labute approximate surface area is 160 Å². The van der Waals surface area contributed by atoms with Crippen molar-refractivity contribution < 1.29 is 17.9 Å². The van der Waals surface area contributed by atoms with E-state index in [0.29, 0.717) is 16.6 Å². The number of likely N-dealkylation sites (N-methyl/N-ethyl adjacent to an activating group) is 1. The van der Waals surface area contributed by atoms with Crippen molar-refractivity contribution in [3.05, 3.63) is 42.5 Å². The molecule has 0 aliphatic rings. The molecule has 0 bridgehead atoms. The number of hydrogen-bond acceptors (Lipinski definition) is 7. The van der Waals surface area contributed by atoms with Crippen LogP contribution < -0.4 is 20.1 Å². The van der Waals surface area contributed by atoms with Gasteiger partial charge in [-0.1, -0.05) is 17.4 Å². The number of anilines is 2. The predicted octanol–water partition coefficient (Wildman–Crippen LogP) is 2.03. The largest absolute Gasteiger partial charge is 0.494 e. The number of nitrogens with zero attached hydrogens (tertiary/aromatic N) is 2. The van der Waals surface area contributed by atoms with Gasteiger partial charge in [0.2, 0.25) is 15.9 Å². The number of benzene rings is 2. The molecule has 0 aliphatic heterocycles. The Kier molecular flexibility index (Phi) is 5.31. The molecular formula is C17H18N4O4S2. The van der Waals surface area contributed by atoms with E-state index in [2.05, 4.69) is 10.3 Å². The highest BCUT2D eigenvalue weighted by Gasteiger charge is 2.15. The number of carbonyl (C=O) groups excluding carboxylic acids is 1. The maximum Gasteiger partial charge on any atom is 0.243 e. The summed E-state index contributed by atoms with van der Waals surface area (Å²) < 4.78 is 28.8. The van der Waals surface area contributed by atoms with Crippen LogP contribution >= 0.6 is 11.3 Å². The van der Waals surface area contributed by atoms with Crippen molar-refractivity contribution in [2.24, 2.45) is 5.14 Å². The molecule has 3 aromatic rings. The molecule has 0 atom stereocenters. The molecule has 10 heteroatoms. The lowest BCUT2D eigenvalue weighted by atomic mass is 10.3. The highest BCUT2D eigenvalue weighted by molar-refractivity contribution is 7.89. The number of hydrogen-bond donors (Lipinski definition) is 2. The molecule has 142 valence electrons. The summed E-state index contributed by atoms with van der Waals surface area (Å²) in [5.41, 5.74) is 1.23. The van der Waals surface area contributed by atoms with Gasteiger partial charge in [0.25, 0.3) is 0 Å². The molecule has 1 aromatic heterocycles. The van der Waals surface area contributed by atoms with Crippen molar-refractivity contribution in [2.75, 3.05) is 30.9 Å². The van der Waals surface area contributed by atoms with E-state index < -0.39 is 10.0 Å². The normalized spacial score (nSPS) is 11.4. The van der Waals surface area contributed by atoms with Gasteiger partial charge < -0.3 is 15.0 Å². The maximum atomic E-state index is 12.3. The number of methoxy groups -OCH3 is 1. The number of aromatic nitrogens is 1. The highest BCUT2D eigenvalue weighted by Crippen LogP contribution is 2.33. The van der Waals surface area contributed by atoms with Crippen LogP contribution in [-0.4, -0.2) is 40.0 Å². The summed E-state index contributed by atoms with van der Waals surface area (Å²) in [6, 6.07) is 11.3. The highest BCUT2D eigenvalue weighted by atomic mass is 32.2. The van der Waals surface area contributed by atoms with E-state index in [1.54, 1.807) is 19.1 Å². The number of para-hydroxylation sites is 1. The van der Waals surface area contributed by atoms with E-state index in [9.17, 15) is 13.2 Å². The zero-order chi connectivity index (χ0) is 19.6. The lowest BCUT2D eigenvalue weighted by molar-refractivity contribution is -0.114. The standard InChI is InChI=1S/C17H18N4O4S2/c1-21(17-20-16-13(25-2)4-3-5-14(16)26-17)10-15(22)19-11-6-8-12(9-7-11)27(18,23)24/h3-9H,10H2,1-2H3,(H,19,22)(H2,18,23,24). The molecule has 2 aromatic carbocycles. The number of nitrogens with one attached hydrogen (secondary N) is 1. The first kappa shape index (κ1) is 19.1. The first-order valence-corrected chi connectivity index (χ1v) is 10.2. The maximum absolute atomic E-state index is 12.3. The molecule has 0 fully saturated rings. The average Bonchev–Trinajstić information content (AvgIpc) is 3.05. The third-order valence-corrected chi connectivity index (χ3v) is 5.83. The minimum absolute atomic E-state index is 0.0129. The van der Waals surface area contributed by atoms with Gasteiger partial charge in [0.15, 0.2) is 5.13 Å². The lowest BCUT2D eigenvalue weighted by Crippen LogP contribution is -2.29. The molecule has 3 rings (SSSR count). The van der Waals surface area contributed by atoms with E-state index in [4.69, 9.17) is 9.88 Å². The van der Waals surface area contributed by atoms with E-state index in [-0.39, 0.29) is 17.3 Å². The smallest absolute Gasteiger partial charge is 0.243 e. The van der Waals surface area contributed by atoms with Crippen LogP contribution in [0.4, 0.5) is 10.8 Å². The first-order chi connectivity index (χ1) is 12.8. The predicted molar refractivity (Wildman–Crippen MR) is 106 cm³/mol. The molecule has 1 amide bonds. The minimum Gasteiger partial charge on any atom is -0.494 e. The second-order valence-electron chi connectivity index (χ2n) is 5.78. The number of thiazole rings is 1. The van der Waals surface area contributed by atoms with Crippen LogP contribution in [0.2, 0.25) is 0 Å². The zero-order valence-electron chi connectivity index (χ0n) is 14.7. The summed E-state index contributed by atoms with van der Waals surface area (Å²) in [5, 5.41) is 8.46. The van der Waals surface area contributed by atoms with Gasteiger partial charge in [-0.2, -0.15) is 0 Å². The Hall–Kier alpha value is -2.69. The number of ether oxygens (including phenoxy) is 1. The van der Waals surface area contributed by atoms with Gasteiger partial charge in [0, 0.05) is 12.7 Å². The van der Waals surface area contributed by atoms with Crippen molar-refractivity contribution in [2.45, 2.75) is 4.90 Å². The number of carbonyl (C=O) groups is 1. The molecule has 8 nitrogen and oxygen atoms in total. The second-order valence-corrected chi connectivity index (χ2v) is 8.35. The van der Waals surface area contributed by atoms with Gasteiger partial charge in [0.1, 0.15) is 11.3 Å². The van der Waals surface area contributed by atoms with E-state index in [1.807, 2.05) is 18.2 Å². The van der Waals surface area contributed by atoms with Crippen LogP contribution in [0.3, 0.4) is 0 Å². The van der Waals surface area contributed by atoms with Crippen LogP contribution in [0.5, 0.6) is 5.75 Å². The van der Waals surface area contributed by atoms with Gasteiger partial charge in [-0.25, -0.2) is 18.5 Å². The van der Waals surface area contributed by atoms with E-state index >= 15 is 0 Å². The van der Waals surface area contributed by atoms with Crippen LogP contribution in [0.15, 0.2) is 47.4 Å². The molecule has 3 N–H and O–H groups in total. The fourth-order valence-electron chi connectivity index (χ4n) is 2.45. The molecule has 0 saturated heterocycles. The summed E-state index contributed by atoms with van der Waals surface area (Å²) in [7, 11) is -0.399. The van der Waals surface area contributed by atoms with Gasteiger partial charge in [-0.15, -0.1) is 0 Å². The van der Waals surface area contributed by atoms with Crippen molar-refractivity contribution in [1.82, 2.24) is 4.98 Å². The molecule has 27 heavy (non-hydrogen) atoms. The van der Waals surface area contributed by atoms with Crippen molar-refractivity contribution >= 4 is 48.3 Å². The fourth-order valence-corrected chi connectivity index (χ4v) is 3.91. The Morgan fingerprint density at radius 1 is 1.26 bits per heavy atom. The number of fused-ring (bicyclic) bond motifs is 1. The summed E-state index contributed by atoms with van der Waals surface area (Å²) in [6.07, 6.45) is 0. The monoisotopic (exact) mass is 406 g/mol. The van der Waals surface area contributed by atoms with E-state index in [0.717, 1.165) is 10.2 Å². The summed E-state index contributed by atoms with van der Waals surface area (Å²) in [4.78, 5) is 18.5. The SMILES string of the molecule is COc1cccc2sc(N(C)CC(=O)Nc3ccc(S(N)(=O)=O)cc3)nc12. The Bertz CT molecular complexity index is 1080. The number of amides is 1. The summed E-state index contributed by atoms with van der Waals surface area (Å²) in [5.74, 6) is 0.426. The number of primary sulfonamides is 1. The van der Waals surface area contributed by atoms with Crippen LogP contribution in [0, 0.1) is 0 Å². The minimum atomic E-state index is -3.76. The third-order valence-electron chi connectivity index (χ3n) is 3.76. The number of sulfonamides is 1. The summed E-state index contributed by atoms with van der Waals surface area (Å²) >= 11 is 1.46. The second kappa shape index (κ2) is 7.51. The van der Waals surface area contributed by atoms with Crippen LogP contribution in [-0.2, 0) is 14.8 Å². The van der Waals surface area contributed by atoms with Crippen LogP contribution in [0.25, 0.3) is 10.2 Å². The van der Waals surface area contributed by atoms with Gasteiger partial charge in [-0.05, 0) is 36.4 Å². The number of rotatable bonds is 6. The van der Waals surface area contributed by atoms with Crippen molar-refractivity contribution in [3.63, 3.8) is 0 Å². The van der Waals surface area contributed by atoms with Crippen LogP contribution in [0.1, 0.15) is 0 Å². The molecule has 0 spiro atoms. The van der Waals surface area contributed by atoms with Crippen molar-refractivity contribution in [1.29, 1.82) is 0 Å². The molecular weight excluding hydrogens is 388 g/mol. The number of nitrogens with two attached hydrogens (primary N) is 1. The average molecular weight is 406 g/mol. The molecule has 1 heterocycles. The topological polar surface area (TPSA) is 115 Å². The Balaban J connectivity index is 1.69. The zero-order valence-corrected chi connectivity index (χ0v) is 16.3. The van der Waals surface area contributed by atoms with Crippen molar-refractivity contribution in [3.8, 4) is 5.75 Å². The first-order valence-electron chi connectivity index (χ1n) is 7.85. The van der Waals surface area contributed by atoms with Gasteiger partial charge >= 0.3 is 0 Å². The lowest BCUT2D eigenvalue weighted by Gasteiger charge is -2.15. The summed E-state index contributed by atoms with van der Waals surface area (Å²) in [6.45, 7) is 0.0824. The third kappa shape index (κ3) is 4.35.